The molecule has 1 N–H and O–H groups in total. The molecule has 0 unspecified atom stereocenters. The topological polar surface area (TPSA) is 65.5 Å². The Labute approximate surface area is 168 Å². The van der Waals surface area contributed by atoms with Crippen molar-refractivity contribution in [3.05, 3.63) is 30.1 Å². The molecule has 9 heteroatoms. The molecule has 0 radical (unpaired) electrons. The quantitative estimate of drug-likeness (QED) is 0.807. The van der Waals surface area contributed by atoms with Crippen LogP contribution in [0, 0.1) is 5.92 Å². The van der Waals surface area contributed by atoms with E-state index in [9.17, 15) is 22.8 Å². The van der Waals surface area contributed by atoms with Gasteiger partial charge in [-0.2, -0.15) is 13.2 Å². The van der Waals surface area contributed by atoms with Crippen molar-refractivity contribution in [3.8, 4) is 0 Å². The number of pyridine rings is 1. The van der Waals surface area contributed by atoms with E-state index in [1.165, 1.54) is 4.90 Å². The third kappa shape index (κ3) is 6.42. The number of carbonyl (C=O) groups excluding carboxylic acids is 2. The summed E-state index contributed by atoms with van der Waals surface area (Å²) < 4.78 is 37.3. The fraction of sp³-hybridized carbons (Fsp3) is 0.650. The molecule has 2 aliphatic rings. The maximum Gasteiger partial charge on any atom is 0.397 e. The molecule has 0 spiro atoms. The van der Waals surface area contributed by atoms with E-state index in [0.717, 1.165) is 24.9 Å². The van der Waals surface area contributed by atoms with Gasteiger partial charge in [0.2, 0.25) is 11.8 Å². The number of hydrogen-bond donors (Lipinski definition) is 1. The van der Waals surface area contributed by atoms with Crippen LogP contribution in [0.4, 0.5) is 13.2 Å². The van der Waals surface area contributed by atoms with Crippen molar-refractivity contribution in [2.24, 2.45) is 5.92 Å². The molecule has 2 aliphatic heterocycles. The van der Waals surface area contributed by atoms with Gasteiger partial charge in [0.15, 0.2) is 0 Å². The Hall–Kier alpha value is -2.16. The molecule has 1 aromatic heterocycles. The molecule has 0 aliphatic carbocycles. The lowest BCUT2D eigenvalue weighted by Crippen LogP contribution is -2.51. The Bertz CT molecular complexity index is 691. The number of nitrogens with zero attached hydrogens (tertiary/aromatic N) is 3. The van der Waals surface area contributed by atoms with Crippen molar-refractivity contribution in [1.82, 2.24) is 20.1 Å². The first-order valence-electron chi connectivity index (χ1n) is 10.1. The summed E-state index contributed by atoms with van der Waals surface area (Å²) in [6.45, 7) is 2.67. The van der Waals surface area contributed by atoms with Gasteiger partial charge >= 0.3 is 6.18 Å². The highest BCUT2D eigenvalue weighted by Crippen LogP contribution is 2.26. The molecule has 0 bridgehead atoms. The minimum Gasteiger partial charge on any atom is -0.352 e. The zero-order valence-electron chi connectivity index (χ0n) is 16.3. The smallest absolute Gasteiger partial charge is 0.352 e. The van der Waals surface area contributed by atoms with Crippen molar-refractivity contribution in [2.75, 3.05) is 26.2 Å². The molecule has 3 heterocycles. The second-order valence-electron chi connectivity index (χ2n) is 7.82. The van der Waals surface area contributed by atoms with Gasteiger partial charge in [0.1, 0.15) is 6.42 Å². The average molecular weight is 412 g/mol. The predicted octanol–water partition coefficient (Wildman–Crippen LogP) is 2.35. The first-order valence-corrected chi connectivity index (χ1v) is 10.1. The van der Waals surface area contributed by atoms with Gasteiger partial charge in [-0.05, 0) is 43.9 Å². The van der Waals surface area contributed by atoms with E-state index < -0.39 is 18.5 Å². The van der Waals surface area contributed by atoms with E-state index in [2.05, 4.69) is 15.2 Å². The summed E-state index contributed by atoms with van der Waals surface area (Å²) in [5.41, 5.74) is 0.949. The highest BCUT2D eigenvalue weighted by atomic mass is 19.4. The molecule has 0 saturated carbocycles. The average Bonchev–Trinajstić information content (AvgIpc) is 2.72. The molecule has 6 nitrogen and oxygen atoms in total. The number of nitrogens with one attached hydrogen (secondary N) is 1. The van der Waals surface area contributed by atoms with Crippen LogP contribution in [0.3, 0.4) is 0 Å². The fourth-order valence-electron chi connectivity index (χ4n) is 4.15. The molecule has 29 heavy (non-hydrogen) atoms. The molecule has 1 aromatic rings. The molecule has 0 aromatic carbocycles. The number of aromatic nitrogens is 1. The van der Waals surface area contributed by atoms with Crippen LogP contribution in [-0.2, 0) is 16.1 Å². The lowest BCUT2D eigenvalue weighted by Gasteiger charge is -2.42. The summed E-state index contributed by atoms with van der Waals surface area (Å²) in [7, 11) is 0. The van der Waals surface area contributed by atoms with Crippen LogP contribution in [0.5, 0.6) is 0 Å². The Balaban J connectivity index is 1.45. The second-order valence-corrected chi connectivity index (χ2v) is 7.82. The van der Waals surface area contributed by atoms with Gasteiger partial charge in [0, 0.05) is 44.6 Å². The minimum atomic E-state index is -4.46. The highest BCUT2D eigenvalue weighted by molar-refractivity contribution is 5.79. The number of hydrogen-bond acceptors (Lipinski definition) is 4. The summed E-state index contributed by atoms with van der Waals surface area (Å²) in [6, 6.07) is 3.95. The zero-order valence-corrected chi connectivity index (χ0v) is 16.3. The SMILES string of the molecule is O=C(NCc1cccnc1)[C@@H]1CCCN(C2CCN(C(=O)CC(F)(F)F)CC2)C1. The number of rotatable bonds is 5. The first-order chi connectivity index (χ1) is 13.8. The standard InChI is InChI=1S/C20H27F3N4O2/c21-20(22,23)11-18(28)26-9-5-17(6-10-26)27-8-2-4-16(14-27)19(29)25-13-15-3-1-7-24-12-15/h1,3,7,12,16-17H,2,4-6,8-11,13-14H2,(H,25,29)/t16-/m1/s1. The van der Waals surface area contributed by atoms with Gasteiger partial charge in [0.05, 0.1) is 5.92 Å². The van der Waals surface area contributed by atoms with Gasteiger partial charge in [0.25, 0.3) is 0 Å². The van der Waals surface area contributed by atoms with Crippen LogP contribution in [-0.4, -0.2) is 65.0 Å². The fourth-order valence-corrected chi connectivity index (χ4v) is 4.15. The maximum absolute atomic E-state index is 12.6. The van der Waals surface area contributed by atoms with Crippen molar-refractivity contribution < 1.29 is 22.8 Å². The molecule has 160 valence electrons. The van der Waals surface area contributed by atoms with Crippen molar-refractivity contribution in [1.29, 1.82) is 0 Å². The highest BCUT2D eigenvalue weighted by Gasteiger charge is 2.36. The van der Waals surface area contributed by atoms with E-state index in [-0.39, 0.29) is 17.9 Å². The summed E-state index contributed by atoms with van der Waals surface area (Å²) >= 11 is 0. The summed E-state index contributed by atoms with van der Waals surface area (Å²) in [6.07, 6.45) is 0.600. The van der Waals surface area contributed by atoms with Crippen LogP contribution in [0.15, 0.2) is 24.5 Å². The molecular weight excluding hydrogens is 385 g/mol. The number of alkyl halides is 3. The Kier molecular flexibility index (Phi) is 7.10. The lowest BCUT2D eigenvalue weighted by molar-refractivity contribution is -0.162. The molecule has 1 atom stereocenters. The number of halogens is 3. The van der Waals surface area contributed by atoms with Crippen molar-refractivity contribution in [3.63, 3.8) is 0 Å². The second kappa shape index (κ2) is 9.56. The molecule has 3 rings (SSSR count). The third-order valence-electron chi connectivity index (χ3n) is 5.70. The normalized spacial score (nSPS) is 21.8. The zero-order chi connectivity index (χ0) is 20.9. The first kappa shape index (κ1) is 21.5. The van der Waals surface area contributed by atoms with Crippen LogP contribution in [0.2, 0.25) is 0 Å². The molecule has 2 fully saturated rings. The van der Waals surface area contributed by atoms with Crippen LogP contribution in [0.1, 0.15) is 37.7 Å². The monoisotopic (exact) mass is 412 g/mol. The minimum absolute atomic E-state index is 0.0244. The lowest BCUT2D eigenvalue weighted by atomic mass is 9.93. The summed E-state index contributed by atoms with van der Waals surface area (Å²) in [4.78, 5) is 31.9. The van der Waals surface area contributed by atoms with Gasteiger partial charge in [-0.15, -0.1) is 0 Å². The number of likely N-dealkylation sites (tertiary alicyclic amines) is 2. The van der Waals surface area contributed by atoms with Crippen LogP contribution in [0.25, 0.3) is 0 Å². The summed E-state index contributed by atoms with van der Waals surface area (Å²) in [5.74, 6) is -0.913. The van der Waals surface area contributed by atoms with E-state index in [1.807, 2.05) is 12.1 Å². The third-order valence-corrected chi connectivity index (χ3v) is 5.70. The molecular formula is C20H27F3N4O2. The van der Waals surface area contributed by atoms with Crippen LogP contribution >= 0.6 is 0 Å². The summed E-state index contributed by atoms with van der Waals surface area (Å²) in [5, 5.41) is 2.97. The maximum atomic E-state index is 12.6. The largest absolute Gasteiger partial charge is 0.397 e. The molecule has 2 amide bonds. The molecule has 2 saturated heterocycles. The van der Waals surface area contributed by atoms with Gasteiger partial charge in [-0.1, -0.05) is 6.07 Å². The van der Waals surface area contributed by atoms with Crippen molar-refractivity contribution >= 4 is 11.8 Å². The van der Waals surface area contributed by atoms with Gasteiger partial charge < -0.3 is 10.2 Å². The van der Waals surface area contributed by atoms with Gasteiger partial charge in [-0.3, -0.25) is 19.5 Å². The van der Waals surface area contributed by atoms with Gasteiger partial charge in [-0.25, -0.2) is 0 Å². The Morgan fingerprint density at radius 1 is 1.17 bits per heavy atom. The Morgan fingerprint density at radius 2 is 1.93 bits per heavy atom. The van der Waals surface area contributed by atoms with Crippen LogP contribution < -0.4 is 5.32 Å². The Morgan fingerprint density at radius 3 is 2.59 bits per heavy atom. The van der Waals surface area contributed by atoms with E-state index in [0.29, 0.717) is 39.0 Å². The number of amides is 2. The van der Waals surface area contributed by atoms with Crippen molar-refractivity contribution in [2.45, 2.75) is 50.9 Å². The van der Waals surface area contributed by atoms with E-state index >= 15 is 0 Å². The number of carbonyl (C=O) groups is 2. The van der Waals surface area contributed by atoms with E-state index in [4.69, 9.17) is 0 Å². The predicted molar refractivity (Wildman–Crippen MR) is 101 cm³/mol. The number of piperidine rings is 2. The van der Waals surface area contributed by atoms with E-state index in [1.54, 1.807) is 12.4 Å².